The zero-order valence-electron chi connectivity index (χ0n) is 25.7. The molecule has 43 heavy (non-hydrogen) atoms. The maximum Gasteiger partial charge on any atom is 0.252 e. The van der Waals surface area contributed by atoms with Crippen LogP contribution >= 0.6 is 0 Å². The normalized spacial score (nSPS) is 30.3. The van der Waals surface area contributed by atoms with Crippen molar-refractivity contribution in [2.75, 3.05) is 46.2 Å². The Hall–Kier alpha value is -3.21. The first kappa shape index (κ1) is 29.8. The second-order valence-electron chi connectivity index (χ2n) is 14.0. The highest BCUT2D eigenvalue weighted by atomic mass is 16.3. The summed E-state index contributed by atoms with van der Waals surface area (Å²) in [7, 11) is 7.33. The van der Waals surface area contributed by atoms with E-state index < -0.39 is 52.3 Å². The predicted octanol–water partition coefficient (Wildman–Crippen LogP) is 2.30. The highest BCUT2D eigenvalue weighted by Crippen LogP contribution is 2.53. The summed E-state index contributed by atoms with van der Waals surface area (Å²) in [6.45, 7) is 2.40. The molecule has 0 aromatic heterocycles. The minimum atomic E-state index is -2.55. The number of likely N-dealkylation sites (N-methyl/N-ethyl adjacent to an activating group) is 1. The van der Waals surface area contributed by atoms with Crippen LogP contribution in [0.3, 0.4) is 0 Å². The van der Waals surface area contributed by atoms with Crippen molar-refractivity contribution in [1.82, 2.24) is 9.80 Å². The molecule has 1 heterocycles. The number of ketones is 2. The zero-order chi connectivity index (χ0) is 31.0. The van der Waals surface area contributed by atoms with E-state index in [1.807, 2.05) is 25.1 Å². The summed E-state index contributed by atoms with van der Waals surface area (Å²) in [5, 5.41) is 35.2. The number of hydrogen-bond acceptors (Lipinski definition) is 9. The van der Waals surface area contributed by atoms with Crippen LogP contribution in [0.15, 0.2) is 23.3 Å². The third kappa shape index (κ3) is 4.52. The van der Waals surface area contributed by atoms with Gasteiger partial charge in [0.25, 0.3) is 5.91 Å². The third-order valence-corrected chi connectivity index (χ3v) is 11.1. The predicted molar refractivity (Wildman–Crippen MR) is 162 cm³/mol. The van der Waals surface area contributed by atoms with E-state index in [0.29, 0.717) is 23.9 Å². The number of aliphatic hydroxyl groups is 2. The molecule has 1 aromatic carbocycles. The van der Waals surface area contributed by atoms with E-state index in [9.17, 15) is 29.7 Å². The second kappa shape index (κ2) is 10.5. The highest BCUT2D eigenvalue weighted by molar-refractivity contribution is 6.32. The van der Waals surface area contributed by atoms with Crippen molar-refractivity contribution in [1.29, 1.82) is 0 Å². The van der Waals surface area contributed by atoms with Crippen LogP contribution in [0.4, 0.5) is 5.69 Å². The lowest BCUT2D eigenvalue weighted by molar-refractivity contribution is -0.160. The SMILES string of the molecule is CN(C)c1cc(CN2CCC3(CCCC3)CC2)c(O)c2c1C[C@H]1C[C@H]3[C@H](N(C)C)C=C(C(N)=O)C(=O)[C@@]3(O)C(=O)C1=C2O. The minimum Gasteiger partial charge on any atom is -0.507 e. The van der Waals surface area contributed by atoms with Gasteiger partial charge < -0.3 is 30.9 Å². The Kier molecular flexibility index (Phi) is 7.26. The van der Waals surface area contributed by atoms with Gasteiger partial charge in [0.2, 0.25) is 11.6 Å². The number of amides is 1. The molecule has 1 aromatic rings. The Morgan fingerprint density at radius 3 is 2.28 bits per heavy atom. The molecule has 10 nitrogen and oxygen atoms in total. The Balaban J connectivity index is 1.40. The molecule has 1 aliphatic heterocycles. The molecule has 6 rings (SSSR count). The second-order valence-corrected chi connectivity index (χ2v) is 14.0. The molecular formula is C33H44N4O6. The molecule has 4 atom stereocenters. The standard InChI is InChI=1S/C33H44N4O6/c1-35(2)23-15-19(17-37-11-9-32(10-12-37)7-5-6-8-32)27(38)26-20(23)13-18-14-22-24(36(3)4)16-21(31(34)42)29(40)33(22,43)30(41)25(18)28(26)39/h15-16,18,22,24,38-39,43H,5-14,17H2,1-4H3,(H2,34,42)/t18-,22-,24+,33+/m0/s1. The topological polar surface area (TPSA) is 148 Å². The molecule has 5 N–H and O–H groups in total. The summed E-state index contributed by atoms with van der Waals surface area (Å²) in [5.74, 6) is -4.78. The number of rotatable bonds is 5. The van der Waals surface area contributed by atoms with Gasteiger partial charge in [-0.25, -0.2) is 0 Å². The largest absolute Gasteiger partial charge is 0.507 e. The number of benzene rings is 1. The van der Waals surface area contributed by atoms with Crippen LogP contribution in [-0.2, 0) is 27.3 Å². The van der Waals surface area contributed by atoms with Crippen molar-refractivity contribution in [2.24, 2.45) is 23.0 Å². The summed E-state index contributed by atoms with van der Waals surface area (Å²) < 4.78 is 0. The Morgan fingerprint density at radius 1 is 1.05 bits per heavy atom. The quantitative estimate of drug-likeness (QED) is 0.299. The molecule has 4 aliphatic carbocycles. The van der Waals surface area contributed by atoms with Crippen LogP contribution in [0, 0.1) is 17.3 Å². The maximum atomic E-state index is 14.2. The smallest absolute Gasteiger partial charge is 0.252 e. The number of primary amides is 1. The van der Waals surface area contributed by atoms with E-state index in [-0.39, 0.29) is 23.3 Å². The van der Waals surface area contributed by atoms with E-state index in [1.165, 1.54) is 31.8 Å². The number of piperidine rings is 1. The molecule has 1 amide bonds. The number of carbonyl (C=O) groups excluding carboxylic acids is 3. The Bertz CT molecular complexity index is 1450. The number of hydrogen-bond donors (Lipinski definition) is 4. The molecular weight excluding hydrogens is 548 g/mol. The number of carbonyl (C=O) groups is 3. The molecule has 0 bridgehead atoms. The molecule has 5 aliphatic rings. The van der Waals surface area contributed by atoms with Gasteiger partial charge in [0.05, 0.1) is 11.1 Å². The van der Waals surface area contributed by atoms with Crippen molar-refractivity contribution in [3.8, 4) is 5.75 Å². The van der Waals surface area contributed by atoms with Crippen LogP contribution in [0.25, 0.3) is 5.76 Å². The molecule has 2 saturated carbocycles. The zero-order valence-corrected chi connectivity index (χ0v) is 25.7. The van der Waals surface area contributed by atoms with Crippen LogP contribution in [0.5, 0.6) is 5.75 Å². The van der Waals surface area contributed by atoms with Gasteiger partial charge in [0.1, 0.15) is 11.5 Å². The van der Waals surface area contributed by atoms with Crippen molar-refractivity contribution in [3.63, 3.8) is 0 Å². The molecule has 0 unspecified atom stereocenters. The lowest BCUT2D eigenvalue weighted by Gasteiger charge is -2.49. The van der Waals surface area contributed by atoms with Crippen molar-refractivity contribution in [2.45, 2.75) is 69.6 Å². The number of phenols is 1. The molecule has 3 fully saturated rings. The number of aliphatic hydroxyl groups excluding tert-OH is 1. The molecule has 1 spiro atoms. The van der Waals surface area contributed by atoms with Gasteiger partial charge in [-0.15, -0.1) is 0 Å². The van der Waals surface area contributed by atoms with E-state index in [1.54, 1.807) is 19.0 Å². The summed E-state index contributed by atoms with van der Waals surface area (Å²) in [6.07, 6.45) is 9.53. The maximum absolute atomic E-state index is 14.2. The number of Topliss-reactive ketones (excluding diaryl/α,β-unsaturated/α-hetero) is 2. The first-order chi connectivity index (χ1) is 20.3. The highest BCUT2D eigenvalue weighted by Gasteiger charge is 2.63. The van der Waals surface area contributed by atoms with Gasteiger partial charge in [0.15, 0.2) is 5.60 Å². The first-order valence-electron chi connectivity index (χ1n) is 15.5. The number of anilines is 1. The number of likely N-dealkylation sites (tertiary alicyclic amines) is 1. The lowest BCUT2D eigenvalue weighted by Crippen LogP contribution is -2.65. The monoisotopic (exact) mass is 592 g/mol. The lowest BCUT2D eigenvalue weighted by atomic mass is 9.57. The van der Waals surface area contributed by atoms with Crippen LogP contribution in [0.2, 0.25) is 0 Å². The van der Waals surface area contributed by atoms with E-state index >= 15 is 0 Å². The Labute approximate surface area is 252 Å². The Morgan fingerprint density at radius 2 is 1.70 bits per heavy atom. The fraction of sp³-hybridized carbons (Fsp3) is 0.606. The van der Waals surface area contributed by atoms with Crippen molar-refractivity contribution < 1.29 is 29.7 Å². The summed E-state index contributed by atoms with van der Waals surface area (Å²) in [6, 6.07) is 1.39. The summed E-state index contributed by atoms with van der Waals surface area (Å²) >= 11 is 0. The van der Waals surface area contributed by atoms with Gasteiger partial charge in [-0.2, -0.15) is 0 Å². The van der Waals surface area contributed by atoms with Crippen LogP contribution < -0.4 is 10.6 Å². The number of phenolic OH excluding ortho intramolecular Hbond substituents is 1. The summed E-state index contributed by atoms with van der Waals surface area (Å²) in [5.41, 5.74) is 5.35. The van der Waals surface area contributed by atoms with Gasteiger partial charge in [0, 0.05) is 49.4 Å². The van der Waals surface area contributed by atoms with Crippen LogP contribution in [-0.4, -0.2) is 95.5 Å². The first-order valence-corrected chi connectivity index (χ1v) is 15.5. The fourth-order valence-corrected chi connectivity index (χ4v) is 8.74. The van der Waals surface area contributed by atoms with E-state index in [2.05, 4.69) is 4.90 Å². The number of fused-ring (bicyclic) bond motifs is 3. The average Bonchev–Trinajstić information content (AvgIpc) is 3.40. The van der Waals surface area contributed by atoms with Crippen molar-refractivity contribution in [3.05, 3.63) is 40.0 Å². The molecule has 0 radical (unpaired) electrons. The van der Waals surface area contributed by atoms with Crippen LogP contribution in [0.1, 0.15) is 61.6 Å². The minimum absolute atomic E-state index is 0.0684. The third-order valence-electron chi connectivity index (χ3n) is 11.1. The fourth-order valence-electron chi connectivity index (χ4n) is 8.74. The number of nitrogens with two attached hydrogens (primary N) is 1. The van der Waals surface area contributed by atoms with Gasteiger partial charge in [-0.05, 0) is 88.7 Å². The van der Waals surface area contributed by atoms with E-state index in [4.69, 9.17) is 5.73 Å². The van der Waals surface area contributed by atoms with Gasteiger partial charge in [-0.1, -0.05) is 18.9 Å². The summed E-state index contributed by atoms with van der Waals surface area (Å²) in [4.78, 5) is 45.9. The van der Waals surface area contributed by atoms with Gasteiger partial charge >= 0.3 is 0 Å². The average molecular weight is 593 g/mol. The molecule has 10 heteroatoms. The molecule has 232 valence electrons. The number of aromatic hydroxyl groups is 1. The van der Waals surface area contributed by atoms with Crippen molar-refractivity contribution >= 4 is 28.9 Å². The molecule has 1 saturated heterocycles. The van der Waals surface area contributed by atoms with E-state index in [0.717, 1.165) is 37.2 Å². The number of nitrogens with zero attached hydrogens (tertiary/aromatic N) is 3. The van der Waals surface area contributed by atoms with Gasteiger partial charge in [-0.3, -0.25) is 19.3 Å².